The monoisotopic (exact) mass is 384 g/mol. The maximum atomic E-state index is 13.0. The molecule has 1 N–H and O–H groups in total. The Morgan fingerprint density at radius 1 is 1.19 bits per heavy atom. The largest absolute Gasteiger partial charge is 0.353 e. The number of nitrogens with zero attached hydrogens (tertiary/aromatic N) is 1. The van der Waals surface area contributed by atoms with Crippen molar-refractivity contribution in [3.05, 3.63) is 46.7 Å². The van der Waals surface area contributed by atoms with Crippen molar-refractivity contribution < 1.29 is 9.59 Å². The number of amides is 2. The molecule has 2 heterocycles. The number of carbonyl (C=O) groups is 2. The lowest BCUT2D eigenvalue weighted by molar-refractivity contribution is -0.133. The average molecular weight is 385 g/mol. The minimum absolute atomic E-state index is 0.0609. The fourth-order valence-electron chi connectivity index (χ4n) is 3.77. The van der Waals surface area contributed by atoms with Crippen molar-refractivity contribution >= 4 is 23.2 Å². The SMILES string of the molecule is CCC(=O)N1CCC(Cc2ccc(-c3ccsc3)cc2)(C(=O)NC(C)C)C1. The molecule has 1 aromatic carbocycles. The van der Waals surface area contributed by atoms with Crippen LogP contribution in [-0.2, 0) is 16.0 Å². The second-order valence-electron chi connectivity index (χ2n) is 7.71. The summed E-state index contributed by atoms with van der Waals surface area (Å²) in [6.07, 6.45) is 1.85. The molecule has 1 saturated heterocycles. The number of hydrogen-bond acceptors (Lipinski definition) is 3. The van der Waals surface area contributed by atoms with E-state index in [1.807, 2.05) is 25.7 Å². The first-order valence-corrected chi connectivity index (χ1v) is 10.6. The number of thiophene rings is 1. The number of rotatable bonds is 6. The second-order valence-corrected chi connectivity index (χ2v) is 8.49. The van der Waals surface area contributed by atoms with Gasteiger partial charge in [0.05, 0.1) is 5.41 Å². The highest BCUT2D eigenvalue weighted by Crippen LogP contribution is 2.36. The van der Waals surface area contributed by atoms with Gasteiger partial charge in [-0.05, 0) is 60.2 Å². The van der Waals surface area contributed by atoms with Crippen LogP contribution in [0.3, 0.4) is 0 Å². The van der Waals surface area contributed by atoms with Crippen LogP contribution < -0.4 is 5.32 Å². The number of benzene rings is 1. The average Bonchev–Trinajstić information content (AvgIpc) is 3.32. The quantitative estimate of drug-likeness (QED) is 0.815. The van der Waals surface area contributed by atoms with E-state index >= 15 is 0 Å². The molecule has 1 aliphatic rings. The van der Waals surface area contributed by atoms with Gasteiger partial charge in [0.2, 0.25) is 11.8 Å². The molecule has 4 nitrogen and oxygen atoms in total. The number of hydrogen-bond donors (Lipinski definition) is 1. The van der Waals surface area contributed by atoms with Gasteiger partial charge in [0, 0.05) is 25.6 Å². The predicted molar refractivity (Wildman–Crippen MR) is 111 cm³/mol. The van der Waals surface area contributed by atoms with E-state index in [2.05, 4.69) is 46.4 Å². The van der Waals surface area contributed by atoms with E-state index in [1.54, 1.807) is 11.3 Å². The first kappa shape index (κ1) is 19.6. The maximum absolute atomic E-state index is 13.0. The van der Waals surface area contributed by atoms with Crippen LogP contribution in [0, 0.1) is 5.41 Å². The fraction of sp³-hybridized carbons (Fsp3) is 0.455. The van der Waals surface area contributed by atoms with Crippen LogP contribution in [0.4, 0.5) is 0 Å². The van der Waals surface area contributed by atoms with Gasteiger partial charge in [-0.2, -0.15) is 11.3 Å². The summed E-state index contributed by atoms with van der Waals surface area (Å²) in [6, 6.07) is 10.7. The highest BCUT2D eigenvalue weighted by molar-refractivity contribution is 7.08. The first-order chi connectivity index (χ1) is 12.9. The van der Waals surface area contributed by atoms with Gasteiger partial charge in [0.25, 0.3) is 0 Å². The van der Waals surface area contributed by atoms with Gasteiger partial charge in [-0.25, -0.2) is 0 Å². The highest BCUT2D eigenvalue weighted by atomic mass is 32.1. The Morgan fingerprint density at radius 3 is 2.52 bits per heavy atom. The third-order valence-corrected chi connectivity index (χ3v) is 5.94. The van der Waals surface area contributed by atoms with E-state index in [4.69, 9.17) is 0 Å². The van der Waals surface area contributed by atoms with Crippen LogP contribution in [0.15, 0.2) is 41.1 Å². The summed E-state index contributed by atoms with van der Waals surface area (Å²) in [4.78, 5) is 27.1. The summed E-state index contributed by atoms with van der Waals surface area (Å²) in [6.45, 7) is 6.99. The number of nitrogens with one attached hydrogen (secondary N) is 1. The minimum atomic E-state index is -0.543. The van der Waals surface area contributed by atoms with Crippen molar-refractivity contribution in [1.82, 2.24) is 10.2 Å². The smallest absolute Gasteiger partial charge is 0.228 e. The van der Waals surface area contributed by atoms with E-state index in [9.17, 15) is 9.59 Å². The molecule has 0 aliphatic carbocycles. The lowest BCUT2D eigenvalue weighted by atomic mass is 9.79. The van der Waals surface area contributed by atoms with Crippen LogP contribution in [-0.4, -0.2) is 35.8 Å². The Labute approximate surface area is 165 Å². The summed E-state index contributed by atoms with van der Waals surface area (Å²) in [5, 5.41) is 7.29. The van der Waals surface area contributed by atoms with E-state index in [0.29, 0.717) is 32.4 Å². The summed E-state index contributed by atoms with van der Waals surface area (Å²) < 4.78 is 0. The Balaban J connectivity index is 1.81. The van der Waals surface area contributed by atoms with Crippen LogP contribution >= 0.6 is 11.3 Å². The summed E-state index contributed by atoms with van der Waals surface area (Å²) in [7, 11) is 0. The Hall–Kier alpha value is -2.14. The molecule has 144 valence electrons. The molecule has 3 rings (SSSR count). The topological polar surface area (TPSA) is 49.4 Å². The van der Waals surface area contributed by atoms with Crippen molar-refractivity contribution in [2.75, 3.05) is 13.1 Å². The highest BCUT2D eigenvalue weighted by Gasteiger charge is 2.45. The predicted octanol–water partition coefficient (Wildman–Crippen LogP) is 4.11. The Bertz CT molecular complexity index is 783. The van der Waals surface area contributed by atoms with Gasteiger partial charge in [-0.1, -0.05) is 31.2 Å². The third kappa shape index (κ3) is 4.41. The van der Waals surface area contributed by atoms with Gasteiger partial charge < -0.3 is 10.2 Å². The molecule has 0 saturated carbocycles. The molecular weight excluding hydrogens is 356 g/mol. The summed E-state index contributed by atoms with van der Waals surface area (Å²) in [5.74, 6) is 0.188. The first-order valence-electron chi connectivity index (χ1n) is 9.64. The van der Waals surface area contributed by atoms with Gasteiger partial charge >= 0.3 is 0 Å². The molecule has 2 amide bonds. The zero-order chi connectivity index (χ0) is 19.4. The van der Waals surface area contributed by atoms with Crippen LogP contribution in [0.5, 0.6) is 0 Å². The molecule has 1 fully saturated rings. The van der Waals surface area contributed by atoms with Crippen molar-refractivity contribution in [3.8, 4) is 11.1 Å². The molecule has 1 atom stereocenters. The normalized spacial score (nSPS) is 19.5. The van der Waals surface area contributed by atoms with Crippen LogP contribution in [0.2, 0.25) is 0 Å². The molecule has 1 aromatic heterocycles. The zero-order valence-electron chi connectivity index (χ0n) is 16.3. The van der Waals surface area contributed by atoms with Crippen molar-refractivity contribution in [1.29, 1.82) is 0 Å². The lowest BCUT2D eigenvalue weighted by Crippen LogP contribution is -2.47. The van der Waals surface area contributed by atoms with E-state index in [-0.39, 0.29) is 17.9 Å². The summed E-state index contributed by atoms with van der Waals surface area (Å²) in [5.41, 5.74) is 3.01. The molecular formula is C22H28N2O2S. The Kier molecular flexibility index (Phi) is 6.00. The molecule has 0 spiro atoms. The number of likely N-dealkylation sites (tertiary alicyclic amines) is 1. The molecule has 0 radical (unpaired) electrons. The van der Waals surface area contributed by atoms with Crippen molar-refractivity contribution in [3.63, 3.8) is 0 Å². The van der Waals surface area contributed by atoms with E-state index in [1.165, 1.54) is 11.1 Å². The zero-order valence-corrected chi connectivity index (χ0v) is 17.1. The van der Waals surface area contributed by atoms with E-state index in [0.717, 1.165) is 5.56 Å². The fourth-order valence-corrected chi connectivity index (χ4v) is 4.43. The molecule has 27 heavy (non-hydrogen) atoms. The van der Waals surface area contributed by atoms with Crippen molar-refractivity contribution in [2.24, 2.45) is 5.41 Å². The molecule has 1 unspecified atom stereocenters. The van der Waals surface area contributed by atoms with Gasteiger partial charge in [0.1, 0.15) is 0 Å². The molecule has 2 aromatic rings. The van der Waals surface area contributed by atoms with Crippen LogP contribution in [0.25, 0.3) is 11.1 Å². The standard InChI is InChI=1S/C22H28N2O2S/c1-4-20(25)24-11-10-22(15-24,21(26)23-16(2)3)13-17-5-7-18(8-6-17)19-9-12-27-14-19/h5-9,12,14,16H,4,10-11,13,15H2,1-3H3,(H,23,26). The maximum Gasteiger partial charge on any atom is 0.228 e. The molecule has 5 heteroatoms. The molecule has 0 bridgehead atoms. The van der Waals surface area contributed by atoms with E-state index < -0.39 is 5.41 Å². The van der Waals surface area contributed by atoms with Gasteiger partial charge in [0.15, 0.2) is 0 Å². The van der Waals surface area contributed by atoms with Crippen molar-refractivity contribution in [2.45, 2.75) is 46.1 Å². The summed E-state index contributed by atoms with van der Waals surface area (Å²) >= 11 is 1.69. The third-order valence-electron chi connectivity index (χ3n) is 5.26. The molecule has 1 aliphatic heterocycles. The number of carbonyl (C=O) groups excluding carboxylic acids is 2. The second kappa shape index (κ2) is 8.26. The van der Waals surface area contributed by atoms with Gasteiger partial charge in [-0.3, -0.25) is 9.59 Å². The van der Waals surface area contributed by atoms with Gasteiger partial charge in [-0.15, -0.1) is 0 Å². The lowest BCUT2D eigenvalue weighted by Gasteiger charge is -2.29. The van der Waals surface area contributed by atoms with Crippen LogP contribution in [0.1, 0.15) is 39.2 Å². The minimum Gasteiger partial charge on any atom is -0.353 e. The Morgan fingerprint density at radius 2 is 1.93 bits per heavy atom.